The highest BCUT2D eigenvalue weighted by Gasteiger charge is 2.35. The number of rotatable bonds is 4. The van der Waals surface area contributed by atoms with Crippen molar-refractivity contribution in [2.75, 3.05) is 44.3 Å². The largest absolute Gasteiger partial charge is 0.380 e. The van der Waals surface area contributed by atoms with Crippen LogP contribution < -0.4 is 10.2 Å². The monoisotopic (exact) mass is 317 g/mol. The van der Waals surface area contributed by atoms with Crippen LogP contribution in [0.3, 0.4) is 0 Å². The lowest BCUT2D eigenvalue weighted by Crippen LogP contribution is -2.59. The number of ether oxygens (including phenoxy) is 1. The highest BCUT2D eigenvalue weighted by Crippen LogP contribution is 2.25. The van der Waals surface area contributed by atoms with E-state index in [1.807, 2.05) is 11.0 Å². The van der Waals surface area contributed by atoms with Crippen molar-refractivity contribution in [3.8, 4) is 0 Å². The van der Waals surface area contributed by atoms with E-state index in [9.17, 15) is 4.79 Å². The number of hydrogen-bond acceptors (Lipinski definition) is 3. The van der Waals surface area contributed by atoms with Crippen LogP contribution in [0.25, 0.3) is 0 Å². The molecule has 0 radical (unpaired) electrons. The number of anilines is 1. The number of carbonyl (C=O) groups is 1. The molecule has 0 aromatic heterocycles. The molecule has 1 aromatic carbocycles. The van der Waals surface area contributed by atoms with Crippen LogP contribution in [0.15, 0.2) is 30.3 Å². The highest BCUT2D eigenvalue weighted by molar-refractivity contribution is 5.75. The van der Waals surface area contributed by atoms with Crippen LogP contribution in [0.5, 0.6) is 0 Å². The molecule has 0 saturated carbocycles. The zero-order chi connectivity index (χ0) is 16.3. The third-order valence-corrected chi connectivity index (χ3v) is 4.90. The Morgan fingerprint density at radius 3 is 2.65 bits per heavy atom. The molecule has 2 aliphatic heterocycles. The van der Waals surface area contributed by atoms with Crippen LogP contribution in [0.2, 0.25) is 0 Å². The number of hydrogen-bond donors (Lipinski definition) is 1. The average molecular weight is 317 g/mol. The minimum Gasteiger partial charge on any atom is -0.380 e. The Morgan fingerprint density at radius 1 is 1.30 bits per heavy atom. The number of piperazine rings is 1. The average Bonchev–Trinajstić information content (AvgIpc) is 2.58. The summed E-state index contributed by atoms with van der Waals surface area (Å²) in [5.41, 5.74) is 1.36. The SMILES string of the molecule is CC[C@H]1CN(c2ccccc2)CCN1C(=O)NCC1(C)COC1. The number of para-hydroxylation sites is 1. The van der Waals surface area contributed by atoms with Crippen LogP contribution in [0.4, 0.5) is 10.5 Å². The fourth-order valence-corrected chi connectivity index (χ4v) is 3.29. The summed E-state index contributed by atoms with van der Waals surface area (Å²) in [6.07, 6.45) is 0.969. The van der Waals surface area contributed by atoms with Crippen LogP contribution in [-0.4, -0.2) is 56.4 Å². The maximum Gasteiger partial charge on any atom is 0.317 e. The predicted octanol–water partition coefficient (Wildman–Crippen LogP) is 2.33. The summed E-state index contributed by atoms with van der Waals surface area (Å²) < 4.78 is 5.25. The number of benzene rings is 1. The molecule has 1 aromatic rings. The van der Waals surface area contributed by atoms with Gasteiger partial charge in [-0.3, -0.25) is 0 Å². The van der Waals surface area contributed by atoms with Gasteiger partial charge in [-0.2, -0.15) is 0 Å². The van der Waals surface area contributed by atoms with Crippen molar-refractivity contribution >= 4 is 11.7 Å². The van der Waals surface area contributed by atoms with Crippen LogP contribution >= 0.6 is 0 Å². The fourth-order valence-electron chi connectivity index (χ4n) is 3.29. The van der Waals surface area contributed by atoms with Gasteiger partial charge in [0.2, 0.25) is 0 Å². The van der Waals surface area contributed by atoms with E-state index in [1.54, 1.807) is 0 Å². The quantitative estimate of drug-likeness (QED) is 0.927. The van der Waals surface area contributed by atoms with Crippen molar-refractivity contribution in [3.05, 3.63) is 30.3 Å². The third kappa shape index (κ3) is 3.61. The molecule has 2 fully saturated rings. The van der Waals surface area contributed by atoms with Crippen molar-refractivity contribution in [2.45, 2.75) is 26.3 Å². The van der Waals surface area contributed by atoms with Gasteiger partial charge in [0.25, 0.3) is 0 Å². The Balaban J connectivity index is 1.57. The van der Waals surface area contributed by atoms with E-state index in [0.717, 1.165) is 39.3 Å². The summed E-state index contributed by atoms with van der Waals surface area (Å²) in [6.45, 7) is 9.04. The van der Waals surface area contributed by atoms with Gasteiger partial charge >= 0.3 is 6.03 Å². The second kappa shape index (κ2) is 6.79. The zero-order valence-electron chi connectivity index (χ0n) is 14.1. The molecule has 0 unspecified atom stereocenters. The molecular formula is C18H27N3O2. The number of nitrogens with one attached hydrogen (secondary N) is 1. The zero-order valence-corrected chi connectivity index (χ0v) is 14.1. The summed E-state index contributed by atoms with van der Waals surface area (Å²) >= 11 is 0. The first-order valence-electron chi connectivity index (χ1n) is 8.53. The summed E-state index contributed by atoms with van der Waals surface area (Å²) in [5, 5.41) is 3.10. The highest BCUT2D eigenvalue weighted by atomic mass is 16.5. The van der Waals surface area contributed by atoms with E-state index in [4.69, 9.17) is 4.74 Å². The van der Waals surface area contributed by atoms with E-state index in [-0.39, 0.29) is 17.5 Å². The standard InChI is InChI=1S/C18H27N3O2/c1-3-15-11-20(16-7-5-4-6-8-16)9-10-21(15)17(22)19-12-18(2)13-23-14-18/h4-8,15H,3,9-14H2,1-2H3,(H,19,22)/t15-/m0/s1. The molecule has 23 heavy (non-hydrogen) atoms. The Bertz CT molecular complexity index is 530. The van der Waals surface area contributed by atoms with Crippen LogP contribution in [-0.2, 0) is 4.74 Å². The molecule has 0 aliphatic carbocycles. The molecular weight excluding hydrogens is 290 g/mol. The van der Waals surface area contributed by atoms with E-state index in [0.29, 0.717) is 6.54 Å². The molecule has 0 bridgehead atoms. The number of amides is 2. The van der Waals surface area contributed by atoms with Gasteiger partial charge in [-0.25, -0.2) is 4.79 Å². The predicted molar refractivity (Wildman–Crippen MR) is 91.8 cm³/mol. The van der Waals surface area contributed by atoms with Gasteiger partial charge < -0.3 is 19.9 Å². The molecule has 1 N–H and O–H groups in total. The smallest absolute Gasteiger partial charge is 0.317 e. The molecule has 2 aliphatic rings. The topological polar surface area (TPSA) is 44.8 Å². The molecule has 2 saturated heterocycles. The normalized spacial score (nSPS) is 23.3. The van der Waals surface area contributed by atoms with Gasteiger partial charge in [-0.1, -0.05) is 32.0 Å². The second-order valence-corrected chi connectivity index (χ2v) is 7.00. The molecule has 5 heteroatoms. The van der Waals surface area contributed by atoms with Gasteiger partial charge in [-0.15, -0.1) is 0 Å². The Morgan fingerprint density at radius 2 is 2.04 bits per heavy atom. The van der Waals surface area contributed by atoms with Crippen molar-refractivity contribution in [3.63, 3.8) is 0 Å². The summed E-state index contributed by atoms with van der Waals surface area (Å²) in [6, 6.07) is 10.8. The minimum absolute atomic E-state index is 0.0673. The molecule has 2 amide bonds. The minimum atomic E-state index is 0.0673. The lowest BCUT2D eigenvalue weighted by atomic mass is 9.89. The maximum absolute atomic E-state index is 12.6. The van der Waals surface area contributed by atoms with E-state index in [2.05, 4.69) is 48.3 Å². The molecule has 0 spiro atoms. The molecule has 2 heterocycles. The van der Waals surface area contributed by atoms with Crippen LogP contribution in [0.1, 0.15) is 20.3 Å². The lowest BCUT2D eigenvalue weighted by molar-refractivity contribution is -0.0979. The van der Waals surface area contributed by atoms with Gasteiger partial charge in [0.1, 0.15) is 0 Å². The number of nitrogens with zero attached hydrogens (tertiary/aromatic N) is 2. The third-order valence-electron chi connectivity index (χ3n) is 4.90. The van der Waals surface area contributed by atoms with Gasteiger partial charge in [0.05, 0.1) is 19.3 Å². The summed E-state index contributed by atoms with van der Waals surface area (Å²) in [5.74, 6) is 0. The van der Waals surface area contributed by atoms with Crippen molar-refractivity contribution in [2.24, 2.45) is 5.41 Å². The first kappa shape index (κ1) is 16.1. The van der Waals surface area contributed by atoms with Gasteiger partial charge in [-0.05, 0) is 18.6 Å². The van der Waals surface area contributed by atoms with Gasteiger partial charge in [0.15, 0.2) is 0 Å². The van der Waals surface area contributed by atoms with Crippen LogP contribution in [0, 0.1) is 5.41 Å². The molecule has 5 nitrogen and oxygen atoms in total. The number of carbonyl (C=O) groups excluding carboxylic acids is 1. The van der Waals surface area contributed by atoms with Gasteiger partial charge in [0, 0.05) is 37.3 Å². The first-order chi connectivity index (χ1) is 11.1. The van der Waals surface area contributed by atoms with E-state index >= 15 is 0 Å². The maximum atomic E-state index is 12.6. The summed E-state index contributed by atoms with van der Waals surface area (Å²) in [4.78, 5) is 16.9. The first-order valence-corrected chi connectivity index (χ1v) is 8.53. The molecule has 3 rings (SSSR count). The fraction of sp³-hybridized carbons (Fsp3) is 0.611. The van der Waals surface area contributed by atoms with Crippen molar-refractivity contribution in [1.29, 1.82) is 0 Å². The Kier molecular flexibility index (Phi) is 4.76. The lowest BCUT2D eigenvalue weighted by Gasteiger charge is -2.43. The molecule has 126 valence electrons. The second-order valence-electron chi connectivity index (χ2n) is 7.00. The van der Waals surface area contributed by atoms with Crippen molar-refractivity contribution < 1.29 is 9.53 Å². The summed E-state index contributed by atoms with van der Waals surface area (Å²) in [7, 11) is 0. The molecule has 1 atom stereocenters. The number of urea groups is 1. The van der Waals surface area contributed by atoms with E-state index < -0.39 is 0 Å². The van der Waals surface area contributed by atoms with E-state index in [1.165, 1.54) is 5.69 Å². The van der Waals surface area contributed by atoms with Crippen molar-refractivity contribution in [1.82, 2.24) is 10.2 Å². The Labute approximate surface area is 138 Å². The Hall–Kier alpha value is -1.75.